The number of aromatic nitrogens is 4. The lowest BCUT2D eigenvalue weighted by Gasteiger charge is -2.28. The molecule has 3 heterocycles. The number of hydrogen-bond acceptors (Lipinski definition) is 8. The number of aliphatic carboxylic acids is 1. The minimum Gasteiger partial charge on any atom is -0.480 e. The number of nitrogens with two attached hydrogens (primary N) is 1. The molecule has 10 nitrogen and oxygen atoms in total. The average Bonchev–Trinajstić information content (AvgIpc) is 3.06. The van der Waals surface area contributed by atoms with E-state index in [-0.39, 0.29) is 11.3 Å². The summed E-state index contributed by atoms with van der Waals surface area (Å²) < 4.78 is 3.21. The van der Waals surface area contributed by atoms with Crippen LogP contribution in [0.3, 0.4) is 0 Å². The van der Waals surface area contributed by atoms with Gasteiger partial charge >= 0.3 is 5.97 Å². The zero-order valence-corrected chi connectivity index (χ0v) is 16.6. The number of anilines is 1. The van der Waals surface area contributed by atoms with E-state index in [2.05, 4.69) is 32.0 Å². The maximum Gasteiger partial charge on any atom is 0.321 e. The third-order valence-corrected chi connectivity index (χ3v) is 5.60. The molecular formula is C17H23N7O3S. The first-order valence-electron chi connectivity index (χ1n) is 8.87. The van der Waals surface area contributed by atoms with Crippen LogP contribution in [0.1, 0.15) is 6.92 Å². The van der Waals surface area contributed by atoms with Gasteiger partial charge in [-0.2, -0.15) is 4.98 Å². The maximum absolute atomic E-state index is 13.0. The molecule has 3 rings (SSSR count). The Morgan fingerprint density at radius 2 is 2.11 bits per heavy atom. The van der Waals surface area contributed by atoms with E-state index < -0.39 is 12.0 Å². The summed E-state index contributed by atoms with van der Waals surface area (Å²) in [7, 11) is 1.61. The minimum atomic E-state index is -1.10. The molecule has 0 unspecified atom stereocenters. The number of fused-ring (bicyclic) bond motifs is 1. The highest BCUT2D eigenvalue weighted by Crippen LogP contribution is 2.22. The average molecular weight is 405 g/mol. The van der Waals surface area contributed by atoms with Crippen molar-refractivity contribution in [1.29, 1.82) is 0 Å². The molecule has 28 heavy (non-hydrogen) atoms. The summed E-state index contributed by atoms with van der Waals surface area (Å²) in [5, 5.41) is 12.6. The Morgan fingerprint density at radius 3 is 2.75 bits per heavy atom. The Kier molecular flexibility index (Phi) is 6.23. The molecule has 1 saturated heterocycles. The highest BCUT2D eigenvalue weighted by Gasteiger charge is 2.23. The Hall–Kier alpha value is -2.55. The predicted molar refractivity (Wildman–Crippen MR) is 108 cm³/mol. The summed E-state index contributed by atoms with van der Waals surface area (Å²) in [6.45, 7) is 5.32. The van der Waals surface area contributed by atoms with Gasteiger partial charge in [-0.05, 0) is 6.92 Å². The van der Waals surface area contributed by atoms with E-state index in [1.807, 2.05) is 4.57 Å². The zero-order valence-electron chi connectivity index (χ0n) is 15.8. The van der Waals surface area contributed by atoms with Crippen LogP contribution in [0.25, 0.3) is 11.2 Å². The van der Waals surface area contributed by atoms with Crippen LogP contribution in [0.2, 0.25) is 0 Å². The number of rotatable bonds is 6. The van der Waals surface area contributed by atoms with Crippen molar-refractivity contribution in [3.63, 3.8) is 0 Å². The molecule has 0 amide bonds. The molecule has 11 heteroatoms. The normalized spacial score (nSPS) is 15.3. The molecule has 0 spiro atoms. The number of piperazine rings is 1. The minimum absolute atomic E-state index is 0.105. The van der Waals surface area contributed by atoms with Crippen LogP contribution in [0.5, 0.6) is 0 Å². The van der Waals surface area contributed by atoms with Gasteiger partial charge in [-0.3, -0.25) is 18.7 Å². The van der Waals surface area contributed by atoms with Gasteiger partial charge in [0.15, 0.2) is 16.3 Å². The Bertz CT molecular complexity index is 998. The van der Waals surface area contributed by atoms with Crippen molar-refractivity contribution in [2.24, 2.45) is 12.8 Å². The highest BCUT2D eigenvalue weighted by molar-refractivity contribution is 7.99. The third kappa shape index (κ3) is 3.99. The molecule has 4 N–H and O–H groups in total. The zero-order chi connectivity index (χ0) is 20.3. The van der Waals surface area contributed by atoms with Crippen molar-refractivity contribution in [3.8, 4) is 11.8 Å². The molecule has 150 valence electrons. The topological polar surface area (TPSA) is 131 Å². The van der Waals surface area contributed by atoms with Crippen molar-refractivity contribution < 1.29 is 9.90 Å². The van der Waals surface area contributed by atoms with Crippen LogP contribution in [0, 0.1) is 11.8 Å². The second-order valence-electron chi connectivity index (χ2n) is 6.35. The van der Waals surface area contributed by atoms with Crippen LogP contribution in [-0.2, 0) is 18.4 Å². The molecule has 0 aliphatic carbocycles. The first-order chi connectivity index (χ1) is 13.4. The van der Waals surface area contributed by atoms with Gasteiger partial charge in [0.05, 0.1) is 6.54 Å². The largest absolute Gasteiger partial charge is 0.480 e. The standard InChI is InChI=1S/C17H23N7O3S/c1-3-4-7-24-12-13(20-16(24)23-8-5-19-6-9-23)21-17(22(2)14(12)25)28-10-11(18)15(26)27/h11,19H,5-10,18H2,1-2H3,(H,26,27)/t11-/m0/s1. The molecule has 2 aromatic rings. The van der Waals surface area contributed by atoms with Crippen molar-refractivity contribution in [1.82, 2.24) is 24.4 Å². The van der Waals surface area contributed by atoms with E-state index in [9.17, 15) is 9.59 Å². The number of thioether (sulfide) groups is 1. The summed E-state index contributed by atoms with van der Waals surface area (Å²) >= 11 is 1.13. The lowest BCUT2D eigenvalue weighted by molar-refractivity contribution is -0.137. The summed E-state index contributed by atoms with van der Waals surface area (Å²) in [5.74, 6) is 5.55. The van der Waals surface area contributed by atoms with Gasteiger partial charge < -0.3 is 21.1 Å². The Labute approximate surface area is 166 Å². The smallest absolute Gasteiger partial charge is 0.321 e. The number of carboxylic acid groups (broad SMARTS) is 1. The van der Waals surface area contributed by atoms with Gasteiger partial charge in [0.1, 0.15) is 6.04 Å². The number of nitrogens with zero attached hydrogens (tertiary/aromatic N) is 5. The molecule has 1 fully saturated rings. The number of carbonyl (C=O) groups is 1. The molecular weight excluding hydrogens is 382 g/mol. The molecule has 0 bridgehead atoms. The van der Waals surface area contributed by atoms with Crippen LogP contribution < -0.4 is 21.5 Å². The van der Waals surface area contributed by atoms with E-state index in [1.165, 1.54) is 4.57 Å². The quantitative estimate of drug-likeness (QED) is 0.317. The van der Waals surface area contributed by atoms with E-state index in [4.69, 9.17) is 10.8 Å². The summed E-state index contributed by atoms with van der Waals surface area (Å²) in [6, 6.07) is -1.04. The van der Waals surface area contributed by atoms with Gasteiger partial charge in [0, 0.05) is 39.0 Å². The summed E-state index contributed by atoms with van der Waals surface area (Å²) in [5.41, 5.74) is 6.04. The van der Waals surface area contributed by atoms with E-state index >= 15 is 0 Å². The lowest BCUT2D eigenvalue weighted by atomic mass is 10.4. The molecule has 0 radical (unpaired) electrons. The van der Waals surface area contributed by atoms with Crippen LogP contribution in [-0.4, -0.2) is 68.2 Å². The number of carboxylic acids is 1. The van der Waals surface area contributed by atoms with Crippen LogP contribution in [0.15, 0.2) is 9.95 Å². The van der Waals surface area contributed by atoms with E-state index in [0.717, 1.165) is 37.9 Å². The fourth-order valence-corrected chi connectivity index (χ4v) is 3.81. The fourth-order valence-electron chi connectivity index (χ4n) is 2.91. The molecule has 1 aliphatic heterocycles. The highest BCUT2D eigenvalue weighted by atomic mass is 32.2. The number of hydrogen-bond donors (Lipinski definition) is 3. The monoisotopic (exact) mass is 405 g/mol. The second-order valence-corrected chi connectivity index (χ2v) is 7.34. The van der Waals surface area contributed by atoms with Gasteiger partial charge in [-0.15, -0.1) is 5.92 Å². The maximum atomic E-state index is 13.0. The first-order valence-corrected chi connectivity index (χ1v) is 9.86. The third-order valence-electron chi connectivity index (χ3n) is 4.45. The van der Waals surface area contributed by atoms with Crippen molar-refractivity contribution >= 4 is 34.8 Å². The molecule has 1 aliphatic rings. The fraction of sp³-hybridized carbons (Fsp3) is 0.529. The molecule has 0 saturated carbocycles. The molecule has 2 aromatic heterocycles. The van der Waals surface area contributed by atoms with Crippen LogP contribution in [0.4, 0.5) is 5.95 Å². The van der Waals surface area contributed by atoms with Gasteiger partial charge in [0.25, 0.3) is 5.56 Å². The second kappa shape index (κ2) is 8.64. The predicted octanol–water partition coefficient (Wildman–Crippen LogP) is -0.933. The lowest BCUT2D eigenvalue weighted by Crippen LogP contribution is -2.44. The van der Waals surface area contributed by atoms with Crippen molar-refractivity contribution in [2.45, 2.75) is 24.7 Å². The summed E-state index contributed by atoms with van der Waals surface area (Å²) in [6.07, 6.45) is 0. The van der Waals surface area contributed by atoms with Crippen molar-refractivity contribution in [3.05, 3.63) is 10.4 Å². The molecule has 0 aromatic carbocycles. The Balaban J connectivity index is 2.06. The van der Waals surface area contributed by atoms with E-state index in [0.29, 0.717) is 28.8 Å². The number of imidazole rings is 1. The SMILES string of the molecule is CC#CCn1c(N2CCNCC2)nc2nc(SC[C@H](N)C(=O)O)n(C)c(=O)c21. The summed E-state index contributed by atoms with van der Waals surface area (Å²) in [4.78, 5) is 35.2. The molecule has 1 atom stereocenters. The van der Waals surface area contributed by atoms with Gasteiger partial charge in [-0.25, -0.2) is 4.98 Å². The van der Waals surface area contributed by atoms with Gasteiger partial charge in [0.2, 0.25) is 5.95 Å². The Morgan fingerprint density at radius 1 is 1.39 bits per heavy atom. The first kappa shape index (κ1) is 20.2. The number of nitrogens with one attached hydrogen (secondary N) is 1. The van der Waals surface area contributed by atoms with Crippen molar-refractivity contribution in [2.75, 3.05) is 36.8 Å². The van der Waals surface area contributed by atoms with Gasteiger partial charge in [-0.1, -0.05) is 17.7 Å². The van der Waals surface area contributed by atoms with Crippen LogP contribution >= 0.6 is 11.8 Å². The van der Waals surface area contributed by atoms with E-state index in [1.54, 1.807) is 14.0 Å².